The summed E-state index contributed by atoms with van der Waals surface area (Å²) in [6, 6.07) is 8.20. The summed E-state index contributed by atoms with van der Waals surface area (Å²) in [6.07, 6.45) is 3.94. The van der Waals surface area contributed by atoms with Gasteiger partial charge >= 0.3 is 0 Å². The number of benzene rings is 1. The van der Waals surface area contributed by atoms with Crippen molar-refractivity contribution >= 4 is 5.91 Å². The number of amides is 1. The molecule has 1 aliphatic rings. The Balaban J connectivity index is 1.68. The maximum Gasteiger partial charge on any atom is 0.224 e. The highest BCUT2D eigenvalue weighted by Crippen LogP contribution is 2.11. The van der Waals surface area contributed by atoms with Crippen molar-refractivity contribution in [1.29, 1.82) is 0 Å². The summed E-state index contributed by atoms with van der Waals surface area (Å²) in [5, 5.41) is 6.40. The van der Waals surface area contributed by atoms with Crippen LogP contribution in [0.15, 0.2) is 24.3 Å². The van der Waals surface area contributed by atoms with Crippen LogP contribution in [-0.2, 0) is 11.2 Å². The van der Waals surface area contributed by atoms with E-state index in [0.29, 0.717) is 12.5 Å². The molecule has 2 rings (SSSR count). The molecule has 0 aromatic heterocycles. The zero-order valence-electron chi connectivity index (χ0n) is 11.4. The monoisotopic (exact) mass is 262 g/mol. The summed E-state index contributed by atoms with van der Waals surface area (Å²) in [6.45, 7) is 1.87. The molecule has 0 unspecified atom stereocenters. The smallest absolute Gasteiger partial charge is 0.224 e. The first-order valence-corrected chi connectivity index (χ1v) is 6.91. The summed E-state index contributed by atoms with van der Waals surface area (Å²) in [5.41, 5.74) is 1.01. The predicted molar refractivity (Wildman–Crippen MR) is 75.3 cm³/mol. The first-order valence-electron chi connectivity index (χ1n) is 6.91. The highest BCUT2D eigenvalue weighted by molar-refractivity contribution is 5.78. The average molecular weight is 262 g/mol. The Morgan fingerprint density at radius 3 is 2.84 bits per heavy atom. The molecule has 1 atom stereocenters. The van der Waals surface area contributed by atoms with E-state index in [-0.39, 0.29) is 5.91 Å². The van der Waals surface area contributed by atoms with Crippen molar-refractivity contribution in [2.24, 2.45) is 0 Å². The fraction of sp³-hybridized carbons (Fsp3) is 0.533. The molecule has 4 heteroatoms. The minimum absolute atomic E-state index is 0.0863. The zero-order chi connectivity index (χ0) is 13.5. The second-order valence-corrected chi connectivity index (χ2v) is 4.96. The lowest BCUT2D eigenvalue weighted by atomic mass is 10.1. The standard InChI is InChI=1S/C15H22N2O2/c1-19-14-6-4-12(5-7-14)11-15(18)17-10-8-13-3-2-9-16-13/h4-7,13,16H,2-3,8-11H2,1H3,(H,17,18)/t13-/m1/s1. The lowest BCUT2D eigenvalue weighted by molar-refractivity contribution is -0.120. The number of carbonyl (C=O) groups excluding carboxylic acids is 1. The van der Waals surface area contributed by atoms with Gasteiger partial charge in [-0.05, 0) is 43.5 Å². The molecular formula is C15H22N2O2. The summed E-state index contributed by atoms with van der Waals surface area (Å²) < 4.78 is 5.09. The largest absolute Gasteiger partial charge is 0.497 e. The molecule has 104 valence electrons. The van der Waals surface area contributed by atoms with E-state index in [0.717, 1.165) is 30.8 Å². The van der Waals surface area contributed by atoms with Crippen LogP contribution < -0.4 is 15.4 Å². The average Bonchev–Trinajstić information content (AvgIpc) is 2.93. The minimum atomic E-state index is 0.0863. The van der Waals surface area contributed by atoms with Gasteiger partial charge in [-0.1, -0.05) is 12.1 Å². The molecule has 1 saturated heterocycles. The van der Waals surface area contributed by atoms with E-state index in [1.165, 1.54) is 12.8 Å². The summed E-state index contributed by atoms with van der Waals surface area (Å²) in [5.74, 6) is 0.902. The zero-order valence-corrected chi connectivity index (χ0v) is 11.4. The molecule has 0 spiro atoms. The van der Waals surface area contributed by atoms with E-state index in [2.05, 4.69) is 10.6 Å². The van der Waals surface area contributed by atoms with Crippen LogP contribution >= 0.6 is 0 Å². The molecule has 1 amide bonds. The van der Waals surface area contributed by atoms with Crippen molar-refractivity contribution in [2.45, 2.75) is 31.7 Å². The second kappa shape index (κ2) is 7.14. The fourth-order valence-electron chi connectivity index (χ4n) is 2.38. The third kappa shape index (κ3) is 4.56. The van der Waals surface area contributed by atoms with Gasteiger partial charge in [-0.2, -0.15) is 0 Å². The van der Waals surface area contributed by atoms with Gasteiger partial charge < -0.3 is 15.4 Å². The van der Waals surface area contributed by atoms with Crippen LogP contribution in [0.3, 0.4) is 0 Å². The van der Waals surface area contributed by atoms with Gasteiger partial charge in [0.25, 0.3) is 0 Å². The van der Waals surface area contributed by atoms with Crippen LogP contribution in [0.4, 0.5) is 0 Å². The van der Waals surface area contributed by atoms with Crippen LogP contribution in [0.2, 0.25) is 0 Å². The SMILES string of the molecule is COc1ccc(CC(=O)NCC[C@H]2CCCN2)cc1. The van der Waals surface area contributed by atoms with Gasteiger partial charge in [0, 0.05) is 12.6 Å². The third-order valence-corrected chi connectivity index (χ3v) is 3.50. The summed E-state index contributed by atoms with van der Waals surface area (Å²) in [7, 11) is 1.64. The van der Waals surface area contributed by atoms with Crippen LogP contribution in [-0.4, -0.2) is 32.1 Å². The Morgan fingerprint density at radius 2 is 2.21 bits per heavy atom. The number of nitrogens with one attached hydrogen (secondary N) is 2. The van der Waals surface area contributed by atoms with E-state index in [4.69, 9.17) is 4.74 Å². The van der Waals surface area contributed by atoms with E-state index >= 15 is 0 Å². The molecule has 19 heavy (non-hydrogen) atoms. The van der Waals surface area contributed by atoms with Gasteiger partial charge in [0.2, 0.25) is 5.91 Å². The second-order valence-electron chi connectivity index (χ2n) is 4.96. The Hall–Kier alpha value is -1.55. The van der Waals surface area contributed by atoms with Crippen LogP contribution in [0.1, 0.15) is 24.8 Å². The molecular weight excluding hydrogens is 240 g/mol. The first kappa shape index (κ1) is 13.9. The Kier molecular flexibility index (Phi) is 5.21. The van der Waals surface area contributed by atoms with Crippen molar-refractivity contribution in [2.75, 3.05) is 20.2 Å². The van der Waals surface area contributed by atoms with Crippen molar-refractivity contribution in [1.82, 2.24) is 10.6 Å². The quantitative estimate of drug-likeness (QED) is 0.817. The van der Waals surface area contributed by atoms with Crippen molar-refractivity contribution in [3.8, 4) is 5.75 Å². The molecule has 1 heterocycles. The molecule has 0 aliphatic carbocycles. The highest BCUT2D eigenvalue weighted by atomic mass is 16.5. The normalized spacial score (nSPS) is 18.3. The Labute approximate surface area is 114 Å². The number of hydrogen-bond acceptors (Lipinski definition) is 3. The lowest BCUT2D eigenvalue weighted by Gasteiger charge is -2.10. The molecule has 1 aromatic carbocycles. The highest BCUT2D eigenvalue weighted by Gasteiger charge is 2.13. The van der Waals surface area contributed by atoms with E-state index in [1.54, 1.807) is 7.11 Å². The molecule has 4 nitrogen and oxygen atoms in total. The Bertz CT molecular complexity index is 397. The number of rotatable bonds is 6. The minimum Gasteiger partial charge on any atom is -0.497 e. The molecule has 1 aromatic rings. The van der Waals surface area contributed by atoms with Crippen molar-refractivity contribution in [3.05, 3.63) is 29.8 Å². The maximum absolute atomic E-state index is 11.8. The van der Waals surface area contributed by atoms with Crippen molar-refractivity contribution in [3.63, 3.8) is 0 Å². The van der Waals surface area contributed by atoms with Gasteiger partial charge in [0.15, 0.2) is 0 Å². The topological polar surface area (TPSA) is 50.4 Å². The van der Waals surface area contributed by atoms with Gasteiger partial charge in [-0.15, -0.1) is 0 Å². The molecule has 2 N–H and O–H groups in total. The summed E-state index contributed by atoms with van der Waals surface area (Å²) in [4.78, 5) is 11.8. The Morgan fingerprint density at radius 1 is 1.42 bits per heavy atom. The molecule has 0 radical (unpaired) electrons. The van der Waals surface area contributed by atoms with Crippen LogP contribution in [0.25, 0.3) is 0 Å². The van der Waals surface area contributed by atoms with Crippen molar-refractivity contribution < 1.29 is 9.53 Å². The molecule has 0 bridgehead atoms. The van der Waals surface area contributed by atoms with Gasteiger partial charge in [0.1, 0.15) is 5.75 Å². The predicted octanol–water partition coefficient (Wildman–Crippen LogP) is 1.50. The molecule has 0 saturated carbocycles. The maximum atomic E-state index is 11.8. The van der Waals surface area contributed by atoms with E-state index < -0.39 is 0 Å². The van der Waals surface area contributed by atoms with Crippen LogP contribution in [0, 0.1) is 0 Å². The van der Waals surface area contributed by atoms with E-state index in [1.807, 2.05) is 24.3 Å². The number of ether oxygens (including phenoxy) is 1. The van der Waals surface area contributed by atoms with Gasteiger partial charge in [-0.3, -0.25) is 4.79 Å². The molecule has 1 fully saturated rings. The number of hydrogen-bond donors (Lipinski definition) is 2. The third-order valence-electron chi connectivity index (χ3n) is 3.50. The first-order chi connectivity index (χ1) is 9.28. The fourth-order valence-corrected chi connectivity index (χ4v) is 2.38. The summed E-state index contributed by atoms with van der Waals surface area (Å²) >= 11 is 0. The van der Waals surface area contributed by atoms with E-state index in [9.17, 15) is 4.79 Å². The number of carbonyl (C=O) groups is 1. The van der Waals surface area contributed by atoms with Crippen LogP contribution in [0.5, 0.6) is 5.75 Å². The van der Waals surface area contributed by atoms with Gasteiger partial charge in [0.05, 0.1) is 13.5 Å². The van der Waals surface area contributed by atoms with Gasteiger partial charge in [-0.25, -0.2) is 0 Å². The molecule has 1 aliphatic heterocycles. The number of methoxy groups -OCH3 is 1. The lowest BCUT2D eigenvalue weighted by Crippen LogP contribution is -2.31.